The number of rotatable bonds is 6. The van der Waals surface area contributed by atoms with Crippen molar-refractivity contribution in [1.82, 2.24) is 10.6 Å². The number of carbonyl (C=O) groups excluding carboxylic acids is 3. The molecule has 108 valence electrons. The summed E-state index contributed by atoms with van der Waals surface area (Å²) in [5.41, 5.74) is 1.34. The Morgan fingerprint density at radius 3 is 2.30 bits per heavy atom. The largest absolute Gasteiger partial charge is 0.465 e. The monoisotopic (exact) mass is 278 g/mol. The van der Waals surface area contributed by atoms with Gasteiger partial charge in [-0.05, 0) is 24.6 Å². The van der Waals surface area contributed by atoms with Gasteiger partial charge in [-0.25, -0.2) is 0 Å². The van der Waals surface area contributed by atoms with E-state index in [9.17, 15) is 14.4 Å². The Kier molecular flexibility index (Phi) is 6.22. The molecule has 0 unspecified atom stereocenters. The molecule has 0 aliphatic carbocycles. The van der Waals surface area contributed by atoms with E-state index in [1.54, 1.807) is 31.2 Å². The molecule has 2 amide bonds. The molecule has 6 nitrogen and oxygen atoms in total. The molecule has 0 atom stereocenters. The van der Waals surface area contributed by atoms with Crippen LogP contribution in [0.3, 0.4) is 0 Å². The molecule has 1 aromatic carbocycles. The Labute approximate surface area is 117 Å². The van der Waals surface area contributed by atoms with Gasteiger partial charge in [-0.15, -0.1) is 0 Å². The van der Waals surface area contributed by atoms with Gasteiger partial charge in [-0.2, -0.15) is 0 Å². The van der Waals surface area contributed by atoms with E-state index in [1.807, 2.05) is 0 Å². The number of amides is 2. The van der Waals surface area contributed by atoms with Crippen molar-refractivity contribution in [2.45, 2.75) is 20.4 Å². The first-order valence-corrected chi connectivity index (χ1v) is 6.30. The van der Waals surface area contributed by atoms with Gasteiger partial charge in [0.15, 0.2) is 0 Å². The maximum atomic E-state index is 11.7. The van der Waals surface area contributed by atoms with E-state index in [2.05, 4.69) is 10.6 Å². The van der Waals surface area contributed by atoms with Gasteiger partial charge in [0.1, 0.15) is 6.54 Å². The Morgan fingerprint density at radius 2 is 1.75 bits per heavy atom. The summed E-state index contributed by atoms with van der Waals surface area (Å²) in [6, 6.07) is 6.76. The second kappa shape index (κ2) is 7.93. The molecule has 0 bridgehead atoms. The van der Waals surface area contributed by atoms with Crippen molar-refractivity contribution >= 4 is 17.8 Å². The number of hydrogen-bond donors (Lipinski definition) is 2. The fraction of sp³-hybridized carbons (Fsp3) is 0.357. The summed E-state index contributed by atoms with van der Waals surface area (Å²) in [6.45, 7) is 3.69. The minimum Gasteiger partial charge on any atom is -0.465 e. The van der Waals surface area contributed by atoms with E-state index in [0.717, 1.165) is 5.56 Å². The lowest BCUT2D eigenvalue weighted by atomic mass is 10.1. The van der Waals surface area contributed by atoms with Crippen LogP contribution in [0.25, 0.3) is 0 Å². The number of nitrogens with one attached hydrogen (secondary N) is 2. The van der Waals surface area contributed by atoms with Crippen LogP contribution < -0.4 is 10.6 Å². The first-order chi connectivity index (χ1) is 9.52. The van der Waals surface area contributed by atoms with Gasteiger partial charge in [0.25, 0.3) is 5.91 Å². The summed E-state index contributed by atoms with van der Waals surface area (Å²) in [5.74, 6) is -0.923. The van der Waals surface area contributed by atoms with Crippen LogP contribution in [0.1, 0.15) is 29.8 Å². The fourth-order valence-electron chi connectivity index (χ4n) is 1.47. The van der Waals surface area contributed by atoms with Gasteiger partial charge in [-0.1, -0.05) is 12.1 Å². The van der Waals surface area contributed by atoms with Gasteiger partial charge in [0.2, 0.25) is 5.91 Å². The van der Waals surface area contributed by atoms with Crippen molar-refractivity contribution in [3.63, 3.8) is 0 Å². The fourth-order valence-corrected chi connectivity index (χ4v) is 1.47. The van der Waals surface area contributed by atoms with Crippen molar-refractivity contribution in [3.05, 3.63) is 35.4 Å². The van der Waals surface area contributed by atoms with Crippen molar-refractivity contribution < 1.29 is 19.1 Å². The average Bonchev–Trinajstić information content (AvgIpc) is 2.43. The molecule has 0 radical (unpaired) electrons. The minimum atomic E-state index is -0.469. The molecule has 0 aliphatic rings. The standard InChI is InChI=1S/C14H18N2O4/c1-3-20-13(18)9-16-14(19)12-6-4-11(5-7-12)8-15-10(2)17/h4-7H,3,8-9H2,1-2H3,(H,15,17)(H,16,19). The van der Waals surface area contributed by atoms with Crippen molar-refractivity contribution in [1.29, 1.82) is 0 Å². The van der Waals surface area contributed by atoms with E-state index < -0.39 is 5.97 Å². The number of esters is 1. The highest BCUT2D eigenvalue weighted by molar-refractivity contribution is 5.95. The smallest absolute Gasteiger partial charge is 0.325 e. The molecule has 6 heteroatoms. The van der Waals surface area contributed by atoms with Crippen LogP contribution in [0.5, 0.6) is 0 Å². The van der Waals surface area contributed by atoms with Gasteiger partial charge in [0.05, 0.1) is 6.61 Å². The second-order valence-corrected chi connectivity index (χ2v) is 4.09. The molecule has 1 aromatic rings. The number of ether oxygens (including phenoxy) is 1. The van der Waals surface area contributed by atoms with Crippen LogP contribution in [0.4, 0.5) is 0 Å². The second-order valence-electron chi connectivity index (χ2n) is 4.09. The Balaban J connectivity index is 2.48. The van der Waals surface area contributed by atoms with Gasteiger partial charge >= 0.3 is 5.97 Å². The molecular formula is C14H18N2O4. The molecule has 0 fully saturated rings. The highest BCUT2D eigenvalue weighted by Gasteiger charge is 2.08. The number of benzene rings is 1. The molecule has 0 aromatic heterocycles. The number of carbonyl (C=O) groups is 3. The lowest BCUT2D eigenvalue weighted by molar-refractivity contribution is -0.141. The first-order valence-electron chi connectivity index (χ1n) is 6.30. The molecule has 0 saturated carbocycles. The molecular weight excluding hydrogens is 260 g/mol. The average molecular weight is 278 g/mol. The maximum Gasteiger partial charge on any atom is 0.325 e. The van der Waals surface area contributed by atoms with E-state index in [0.29, 0.717) is 12.1 Å². The highest BCUT2D eigenvalue weighted by Crippen LogP contribution is 2.04. The minimum absolute atomic E-state index is 0.110. The molecule has 1 rings (SSSR count). The predicted molar refractivity (Wildman–Crippen MR) is 72.9 cm³/mol. The maximum absolute atomic E-state index is 11.7. The third-order valence-corrected chi connectivity index (χ3v) is 2.46. The zero-order valence-corrected chi connectivity index (χ0v) is 11.6. The lowest BCUT2D eigenvalue weighted by Gasteiger charge is -2.06. The third-order valence-electron chi connectivity index (χ3n) is 2.46. The normalized spacial score (nSPS) is 9.70. The van der Waals surface area contributed by atoms with Gasteiger partial charge in [0, 0.05) is 19.0 Å². The van der Waals surface area contributed by atoms with Crippen LogP contribution >= 0.6 is 0 Å². The molecule has 0 aliphatic heterocycles. The number of hydrogen-bond acceptors (Lipinski definition) is 4. The van der Waals surface area contributed by atoms with Crippen LogP contribution in [-0.4, -0.2) is 30.9 Å². The summed E-state index contributed by atoms with van der Waals surface area (Å²) >= 11 is 0. The van der Waals surface area contributed by atoms with Crippen LogP contribution in [0.2, 0.25) is 0 Å². The van der Waals surface area contributed by atoms with Crippen LogP contribution in [0.15, 0.2) is 24.3 Å². The summed E-state index contributed by atoms with van der Waals surface area (Å²) in [5, 5.41) is 5.13. The van der Waals surface area contributed by atoms with Crippen molar-refractivity contribution in [3.8, 4) is 0 Å². The SMILES string of the molecule is CCOC(=O)CNC(=O)c1ccc(CNC(C)=O)cc1. The van der Waals surface area contributed by atoms with Crippen LogP contribution in [-0.2, 0) is 20.9 Å². The van der Waals surface area contributed by atoms with Gasteiger partial charge in [-0.3, -0.25) is 14.4 Å². The van der Waals surface area contributed by atoms with E-state index in [1.165, 1.54) is 6.92 Å². The summed E-state index contributed by atoms with van der Waals surface area (Å²) in [6.07, 6.45) is 0. The topological polar surface area (TPSA) is 84.5 Å². The Hall–Kier alpha value is -2.37. The van der Waals surface area contributed by atoms with Crippen molar-refractivity contribution in [2.24, 2.45) is 0 Å². The summed E-state index contributed by atoms with van der Waals surface area (Å²) < 4.78 is 4.71. The molecule has 0 spiro atoms. The van der Waals surface area contributed by atoms with E-state index in [4.69, 9.17) is 4.74 Å². The summed E-state index contributed by atoms with van der Waals surface area (Å²) in [4.78, 5) is 33.6. The Bertz CT molecular complexity index is 482. The Morgan fingerprint density at radius 1 is 1.10 bits per heavy atom. The predicted octanol–water partition coefficient (Wildman–Crippen LogP) is 0.616. The zero-order chi connectivity index (χ0) is 15.0. The first kappa shape index (κ1) is 15.7. The molecule has 0 saturated heterocycles. The molecule has 0 heterocycles. The summed E-state index contributed by atoms with van der Waals surface area (Å²) in [7, 11) is 0. The van der Waals surface area contributed by atoms with Crippen molar-refractivity contribution in [2.75, 3.05) is 13.2 Å². The van der Waals surface area contributed by atoms with E-state index in [-0.39, 0.29) is 25.0 Å². The zero-order valence-electron chi connectivity index (χ0n) is 11.6. The van der Waals surface area contributed by atoms with E-state index >= 15 is 0 Å². The quantitative estimate of drug-likeness (QED) is 0.747. The highest BCUT2D eigenvalue weighted by atomic mass is 16.5. The lowest BCUT2D eigenvalue weighted by Crippen LogP contribution is -2.30. The third kappa shape index (κ3) is 5.51. The van der Waals surface area contributed by atoms with Crippen LogP contribution in [0, 0.1) is 0 Å². The molecule has 2 N–H and O–H groups in total. The molecule has 20 heavy (non-hydrogen) atoms. The van der Waals surface area contributed by atoms with Gasteiger partial charge < -0.3 is 15.4 Å².